The average molecular weight is 252 g/mol. The van der Waals surface area contributed by atoms with Crippen LogP contribution in [-0.2, 0) is 0 Å². The summed E-state index contributed by atoms with van der Waals surface area (Å²) in [5, 5.41) is 12.4. The van der Waals surface area contributed by atoms with Crippen LogP contribution < -0.4 is 5.32 Å². The first kappa shape index (κ1) is 15.4. The van der Waals surface area contributed by atoms with Gasteiger partial charge in [0.25, 0.3) is 0 Å². The normalized spacial score (nSPS) is 22.3. The van der Waals surface area contributed by atoms with E-state index in [-0.39, 0.29) is 6.04 Å². The molecule has 0 radical (unpaired) electrons. The van der Waals surface area contributed by atoms with E-state index >= 15 is 0 Å². The number of likely N-dealkylation sites (tertiary alicyclic amines) is 1. The lowest BCUT2D eigenvalue weighted by molar-refractivity contribution is 0.202. The maximum atomic E-state index is 9.10. The highest BCUT2D eigenvalue weighted by atomic mass is 15.2. The summed E-state index contributed by atoms with van der Waals surface area (Å²) in [7, 11) is 4.27. The molecule has 0 aliphatic carbocycles. The fourth-order valence-corrected chi connectivity index (χ4v) is 2.64. The Morgan fingerprint density at radius 3 is 2.89 bits per heavy atom. The van der Waals surface area contributed by atoms with Gasteiger partial charge in [-0.25, -0.2) is 0 Å². The van der Waals surface area contributed by atoms with Gasteiger partial charge < -0.3 is 10.2 Å². The monoisotopic (exact) mass is 252 g/mol. The number of likely N-dealkylation sites (N-methyl/N-ethyl adjacent to an activating group) is 1. The van der Waals surface area contributed by atoms with Gasteiger partial charge in [0, 0.05) is 19.1 Å². The maximum Gasteiger partial charge on any atom is 0.0965 e. The summed E-state index contributed by atoms with van der Waals surface area (Å²) in [5.74, 6) is 0. The molecule has 0 aromatic carbocycles. The van der Waals surface area contributed by atoms with E-state index in [1.54, 1.807) is 0 Å². The van der Waals surface area contributed by atoms with Crippen LogP contribution in [0.3, 0.4) is 0 Å². The zero-order valence-corrected chi connectivity index (χ0v) is 12.2. The third-order valence-corrected chi connectivity index (χ3v) is 3.58. The van der Waals surface area contributed by atoms with Crippen molar-refractivity contribution < 1.29 is 0 Å². The SMILES string of the molecule is CCCNC(C#N)CCN1CCCC1CN(C)C. The molecule has 1 heterocycles. The van der Waals surface area contributed by atoms with Gasteiger partial charge in [-0.05, 0) is 52.9 Å². The van der Waals surface area contributed by atoms with Crippen LogP contribution in [0.4, 0.5) is 0 Å². The predicted molar refractivity (Wildman–Crippen MR) is 75.5 cm³/mol. The minimum Gasteiger partial charge on any atom is -0.308 e. The van der Waals surface area contributed by atoms with Crippen LogP contribution in [0, 0.1) is 11.3 Å². The second-order valence-corrected chi connectivity index (χ2v) is 5.52. The standard InChI is InChI=1S/C14H28N4/c1-4-8-16-13(11-15)7-10-18-9-5-6-14(18)12-17(2)3/h13-14,16H,4-10,12H2,1-3H3. The Hall–Kier alpha value is -0.630. The Labute approximate surface area is 112 Å². The van der Waals surface area contributed by atoms with Gasteiger partial charge in [0.2, 0.25) is 0 Å². The van der Waals surface area contributed by atoms with Crippen LogP contribution in [0.15, 0.2) is 0 Å². The molecule has 1 aliphatic heterocycles. The molecule has 104 valence electrons. The highest BCUT2D eigenvalue weighted by molar-refractivity contribution is 4.91. The minimum atomic E-state index is 0.0190. The first-order valence-corrected chi connectivity index (χ1v) is 7.19. The lowest BCUT2D eigenvalue weighted by atomic mass is 10.2. The Morgan fingerprint density at radius 2 is 2.28 bits per heavy atom. The van der Waals surface area contributed by atoms with Gasteiger partial charge in [-0.2, -0.15) is 5.26 Å². The van der Waals surface area contributed by atoms with Crippen molar-refractivity contribution in [1.29, 1.82) is 5.26 Å². The zero-order chi connectivity index (χ0) is 13.4. The Balaban J connectivity index is 2.30. The van der Waals surface area contributed by atoms with Crippen LogP contribution in [0.5, 0.6) is 0 Å². The van der Waals surface area contributed by atoms with Crippen molar-refractivity contribution in [3.05, 3.63) is 0 Å². The molecule has 0 spiro atoms. The first-order chi connectivity index (χ1) is 8.67. The van der Waals surface area contributed by atoms with Gasteiger partial charge in [-0.15, -0.1) is 0 Å². The van der Waals surface area contributed by atoms with Gasteiger partial charge in [-0.3, -0.25) is 4.90 Å². The fourth-order valence-electron chi connectivity index (χ4n) is 2.64. The number of nitriles is 1. The third kappa shape index (κ3) is 5.34. The van der Waals surface area contributed by atoms with E-state index in [9.17, 15) is 0 Å². The second-order valence-electron chi connectivity index (χ2n) is 5.52. The minimum absolute atomic E-state index is 0.0190. The molecule has 0 bridgehead atoms. The summed E-state index contributed by atoms with van der Waals surface area (Å²) in [6, 6.07) is 3.07. The van der Waals surface area contributed by atoms with Gasteiger partial charge in [-0.1, -0.05) is 6.92 Å². The Kier molecular flexibility index (Phi) is 7.26. The summed E-state index contributed by atoms with van der Waals surface area (Å²) in [5.41, 5.74) is 0. The van der Waals surface area contributed by atoms with E-state index in [0.717, 1.165) is 32.5 Å². The molecule has 1 rings (SSSR count). The van der Waals surface area contributed by atoms with Crippen LogP contribution >= 0.6 is 0 Å². The number of nitrogens with one attached hydrogen (secondary N) is 1. The summed E-state index contributed by atoms with van der Waals surface area (Å²) in [6.45, 7) is 6.46. The van der Waals surface area contributed by atoms with Crippen LogP contribution in [0.2, 0.25) is 0 Å². The average Bonchev–Trinajstić information content (AvgIpc) is 2.76. The van der Waals surface area contributed by atoms with Crippen molar-refractivity contribution in [2.24, 2.45) is 0 Å². The van der Waals surface area contributed by atoms with Crippen LogP contribution in [0.1, 0.15) is 32.6 Å². The lowest BCUT2D eigenvalue weighted by Crippen LogP contribution is -2.40. The highest BCUT2D eigenvalue weighted by Gasteiger charge is 2.25. The van der Waals surface area contributed by atoms with E-state index in [2.05, 4.69) is 42.2 Å². The second kappa shape index (κ2) is 8.47. The van der Waals surface area contributed by atoms with Crippen molar-refractivity contribution in [2.75, 3.05) is 40.3 Å². The molecular weight excluding hydrogens is 224 g/mol. The van der Waals surface area contributed by atoms with Gasteiger partial charge in [0.05, 0.1) is 12.1 Å². The van der Waals surface area contributed by atoms with Gasteiger partial charge in [0.15, 0.2) is 0 Å². The van der Waals surface area contributed by atoms with Gasteiger partial charge >= 0.3 is 0 Å². The summed E-state index contributed by atoms with van der Waals surface area (Å²) < 4.78 is 0. The molecular formula is C14H28N4. The van der Waals surface area contributed by atoms with Crippen molar-refractivity contribution in [3.63, 3.8) is 0 Å². The summed E-state index contributed by atoms with van der Waals surface area (Å²) >= 11 is 0. The van der Waals surface area contributed by atoms with E-state index in [0.29, 0.717) is 6.04 Å². The number of hydrogen-bond donors (Lipinski definition) is 1. The molecule has 4 heteroatoms. The molecule has 2 unspecified atom stereocenters. The third-order valence-electron chi connectivity index (χ3n) is 3.58. The number of rotatable bonds is 8. The molecule has 1 saturated heterocycles. The quantitative estimate of drug-likeness (QED) is 0.707. The molecule has 18 heavy (non-hydrogen) atoms. The summed E-state index contributed by atoms with van der Waals surface area (Å²) in [4.78, 5) is 4.82. The van der Waals surface area contributed by atoms with E-state index < -0.39 is 0 Å². The molecule has 2 atom stereocenters. The zero-order valence-electron chi connectivity index (χ0n) is 12.2. The molecule has 1 aliphatic rings. The molecule has 1 N–H and O–H groups in total. The lowest BCUT2D eigenvalue weighted by Gasteiger charge is -2.27. The van der Waals surface area contributed by atoms with Crippen molar-refractivity contribution in [3.8, 4) is 6.07 Å². The molecule has 0 aromatic heterocycles. The number of nitrogens with zero attached hydrogens (tertiary/aromatic N) is 3. The Morgan fingerprint density at radius 1 is 1.50 bits per heavy atom. The van der Waals surface area contributed by atoms with Crippen molar-refractivity contribution in [1.82, 2.24) is 15.1 Å². The molecule has 1 fully saturated rings. The van der Waals surface area contributed by atoms with Crippen LogP contribution in [-0.4, -0.2) is 62.2 Å². The maximum absolute atomic E-state index is 9.10. The molecule has 0 aromatic rings. The summed E-state index contributed by atoms with van der Waals surface area (Å²) in [6.07, 6.45) is 4.64. The van der Waals surface area contributed by atoms with E-state index in [1.807, 2.05) is 0 Å². The number of hydrogen-bond acceptors (Lipinski definition) is 4. The molecule has 0 amide bonds. The smallest absolute Gasteiger partial charge is 0.0965 e. The van der Waals surface area contributed by atoms with Crippen molar-refractivity contribution in [2.45, 2.75) is 44.7 Å². The van der Waals surface area contributed by atoms with Crippen molar-refractivity contribution >= 4 is 0 Å². The predicted octanol–water partition coefficient (Wildman–Crippen LogP) is 1.29. The Bertz CT molecular complexity index is 259. The largest absolute Gasteiger partial charge is 0.308 e. The fraction of sp³-hybridized carbons (Fsp3) is 0.929. The van der Waals surface area contributed by atoms with Gasteiger partial charge in [0.1, 0.15) is 0 Å². The molecule has 0 saturated carbocycles. The highest BCUT2D eigenvalue weighted by Crippen LogP contribution is 2.18. The topological polar surface area (TPSA) is 42.3 Å². The molecule has 4 nitrogen and oxygen atoms in total. The van der Waals surface area contributed by atoms with Crippen LogP contribution in [0.25, 0.3) is 0 Å². The van der Waals surface area contributed by atoms with E-state index in [1.165, 1.54) is 19.4 Å². The van der Waals surface area contributed by atoms with E-state index in [4.69, 9.17) is 5.26 Å². The first-order valence-electron chi connectivity index (χ1n) is 7.19.